The molecule has 1 N–H and O–H groups in total. The summed E-state index contributed by atoms with van der Waals surface area (Å²) < 4.78 is 6.09. The molecule has 0 aliphatic heterocycles. The van der Waals surface area contributed by atoms with Crippen molar-refractivity contribution in [1.82, 2.24) is 0 Å². The highest BCUT2D eigenvalue weighted by Gasteiger charge is 2.14. The van der Waals surface area contributed by atoms with Gasteiger partial charge in [0, 0.05) is 12.8 Å². The second kappa shape index (κ2) is 44.3. The lowest BCUT2D eigenvalue weighted by Gasteiger charge is -2.18. The molecule has 0 saturated carbocycles. The van der Waals surface area contributed by atoms with Crippen LogP contribution in [0.3, 0.4) is 0 Å². The first kappa shape index (κ1) is 50.9. The van der Waals surface area contributed by atoms with E-state index in [0.29, 0.717) is 12.8 Å². The van der Waals surface area contributed by atoms with Crippen LogP contribution in [0.15, 0.2) is 0 Å². The number of hydrogen-bond donors (Lipinski definition) is 1. The molecule has 0 saturated heterocycles. The first-order valence-corrected chi connectivity index (χ1v) is 24.0. The summed E-state index contributed by atoms with van der Waals surface area (Å²) >= 11 is 0. The Balaban J connectivity index is 3.88. The number of carbonyl (C=O) groups is 2. The Morgan fingerprint density at radius 3 is 0.846 bits per heavy atom. The van der Waals surface area contributed by atoms with Crippen LogP contribution in [0.4, 0.5) is 0 Å². The molecule has 0 aromatic carbocycles. The van der Waals surface area contributed by atoms with Gasteiger partial charge in [0.2, 0.25) is 0 Å². The van der Waals surface area contributed by atoms with E-state index >= 15 is 0 Å². The third kappa shape index (κ3) is 43.3. The van der Waals surface area contributed by atoms with Crippen molar-refractivity contribution in [1.29, 1.82) is 0 Å². The van der Waals surface area contributed by atoms with Crippen molar-refractivity contribution in [2.75, 3.05) is 0 Å². The molecule has 4 nitrogen and oxygen atoms in total. The van der Waals surface area contributed by atoms with Gasteiger partial charge in [0.15, 0.2) is 0 Å². The maximum atomic E-state index is 12.8. The average molecular weight is 735 g/mol. The number of esters is 1. The van der Waals surface area contributed by atoms with Crippen LogP contribution in [0.25, 0.3) is 0 Å². The summed E-state index contributed by atoms with van der Waals surface area (Å²) in [5.74, 6) is -0.630. The Labute approximate surface area is 326 Å². The van der Waals surface area contributed by atoms with E-state index in [1.54, 1.807) is 0 Å². The van der Waals surface area contributed by atoms with Crippen molar-refractivity contribution in [3.63, 3.8) is 0 Å². The minimum Gasteiger partial charge on any atom is -0.481 e. The molecule has 0 rings (SSSR count). The van der Waals surface area contributed by atoms with Crippen LogP contribution in [0.2, 0.25) is 0 Å². The summed E-state index contributed by atoms with van der Waals surface area (Å²) in [6.45, 7) is 4.58. The van der Waals surface area contributed by atoms with E-state index in [1.807, 2.05) is 0 Å². The zero-order chi connectivity index (χ0) is 37.8. The summed E-state index contributed by atoms with van der Waals surface area (Å²) in [6, 6.07) is 0. The number of hydrogen-bond acceptors (Lipinski definition) is 3. The van der Waals surface area contributed by atoms with Crippen molar-refractivity contribution >= 4 is 11.9 Å². The third-order valence-corrected chi connectivity index (χ3v) is 11.3. The zero-order valence-electron chi connectivity index (χ0n) is 35.7. The van der Waals surface area contributed by atoms with E-state index in [9.17, 15) is 9.59 Å². The van der Waals surface area contributed by atoms with E-state index < -0.39 is 5.97 Å². The summed E-state index contributed by atoms with van der Waals surface area (Å²) in [5.41, 5.74) is 0. The van der Waals surface area contributed by atoms with Gasteiger partial charge in [-0.1, -0.05) is 239 Å². The summed E-state index contributed by atoms with van der Waals surface area (Å²) in [5, 5.41) is 8.76. The van der Waals surface area contributed by atoms with Crippen LogP contribution >= 0.6 is 0 Å². The molecule has 0 aliphatic carbocycles. The van der Waals surface area contributed by atoms with E-state index in [4.69, 9.17) is 9.84 Å². The highest BCUT2D eigenvalue weighted by atomic mass is 16.5. The predicted octanol–water partition coefficient (Wildman–Crippen LogP) is 16.8. The molecule has 0 aromatic rings. The number of rotatable bonds is 45. The molecule has 0 amide bonds. The monoisotopic (exact) mass is 735 g/mol. The predicted molar refractivity (Wildman–Crippen MR) is 227 cm³/mol. The van der Waals surface area contributed by atoms with Gasteiger partial charge in [-0.25, -0.2) is 0 Å². The van der Waals surface area contributed by atoms with E-state index in [2.05, 4.69) is 13.8 Å². The molecule has 0 aliphatic rings. The number of carbonyl (C=O) groups excluding carboxylic acids is 1. The molecule has 4 heteroatoms. The van der Waals surface area contributed by atoms with Crippen LogP contribution in [0.5, 0.6) is 0 Å². The van der Waals surface area contributed by atoms with Crippen molar-refractivity contribution in [3.05, 3.63) is 0 Å². The third-order valence-electron chi connectivity index (χ3n) is 11.3. The maximum absolute atomic E-state index is 12.8. The normalized spacial score (nSPS) is 12.0. The van der Waals surface area contributed by atoms with Crippen LogP contribution in [0, 0.1) is 0 Å². The lowest BCUT2D eigenvalue weighted by molar-refractivity contribution is -0.150. The highest BCUT2D eigenvalue weighted by Crippen LogP contribution is 2.20. The second-order valence-electron chi connectivity index (χ2n) is 16.7. The molecule has 52 heavy (non-hydrogen) atoms. The van der Waals surface area contributed by atoms with E-state index in [0.717, 1.165) is 51.4 Å². The topological polar surface area (TPSA) is 63.6 Å². The lowest BCUT2D eigenvalue weighted by Crippen LogP contribution is -2.18. The van der Waals surface area contributed by atoms with E-state index in [-0.39, 0.29) is 12.1 Å². The number of ether oxygens (including phenoxy) is 1. The van der Waals surface area contributed by atoms with Gasteiger partial charge < -0.3 is 9.84 Å². The Morgan fingerprint density at radius 2 is 0.577 bits per heavy atom. The second-order valence-corrected chi connectivity index (χ2v) is 16.7. The summed E-state index contributed by atoms with van der Waals surface area (Å²) in [6.07, 6.45) is 54.5. The number of carboxylic acid groups (broad SMARTS) is 1. The number of unbranched alkanes of at least 4 members (excludes halogenated alkanes) is 36. The Morgan fingerprint density at radius 1 is 0.346 bits per heavy atom. The quantitative estimate of drug-likeness (QED) is 0.0500. The van der Waals surface area contributed by atoms with Gasteiger partial charge >= 0.3 is 11.9 Å². The molecule has 1 atom stereocenters. The maximum Gasteiger partial charge on any atom is 0.306 e. The number of aliphatic carboxylic acids is 1. The van der Waals surface area contributed by atoms with Gasteiger partial charge in [0.05, 0.1) is 0 Å². The smallest absolute Gasteiger partial charge is 0.306 e. The lowest BCUT2D eigenvalue weighted by atomic mass is 10.0. The molecule has 0 spiro atoms. The standard InChI is InChI=1S/C48H94O4/c1-3-5-7-9-11-13-14-15-16-17-18-19-20-21-22-23-24-29-33-37-41-45-48(51)52-46(42-38-34-30-26-12-10-8-6-4-2)43-39-35-31-27-25-28-32-36-40-44-47(49)50/h46H,3-45H2,1-2H3,(H,49,50). The van der Waals surface area contributed by atoms with Crippen molar-refractivity contribution < 1.29 is 19.4 Å². The molecule has 310 valence electrons. The average Bonchev–Trinajstić information content (AvgIpc) is 3.13. The van der Waals surface area contributed by atoms with Gasteiger partial charge in [0.1, 0.15) is 6.10 Å². The van der Waals surface area contributed by atoms with Gasteiger partial charge in [-0.2, -0.15) is 0 Å². The molecular weight excluding hydrogens is 641 g/mol. The molecule has 0 bridgehead atoms. The molecular formula is C48H94O4. The van der Waals surface area contributed by atoms with Gasteiger partial charge in [-0.15, -0.1) is 0 Å². The van der Waals surface area contributed by atoms with Crippen LogP contribution in [0.1, 0.15) is 290 Å². The van der Waals surface area contributed by atoms with Gasteiger partial charge in [-0.05, 0) is 38.5 Å². The molecule has 0 fully saturated rings. The first-order valence-electron chi connectivity index (χ1n) is 24.0. The minimum absolute atomic E-state index is 0.0432. The molecule has 0 aromatic heterocycles. The van der Waals surface area contributed by atoms with Crippen molar-refractivity contribution in [2.45, 2.75) is 296 Å². The Kier molecular flexibility index (Phi) is 43.4. The fourth-order valence-electron chi connectivity index (χ4n) is 7.78. The SMILES string of the molecule is CCCCCCCCCCCCCCCCCCCCCCCC(=O)OC(CCCCCCCCCCC)CCCCCCCCCCCC(=O)O. The van der Waals surface area contributed by atoms with E-state index in [1.165, 1.54) is 212 Å². The first-order chi connectivity index (χ1) is 25.6. The fraction of sp³-hybridized carbons (Fsp3) is 0.958. The molecule has 0 radical (unpaired) electrons. The molecule has 0 heterocycles. The van der Waals surface area contributed by atoms with Crippen LogP contribution in [-0.2, 0) is 14.3 Å². The summed E-state index contributed by atoms with van der Waals surface area (Å²) in [7, 11) is 0. The zero-order valence-corrected chi connectivity index (χ0v) is 35.7. The van der Waals surface area contributed by atoms with Crippen molar-refractivity contribution in [3.8, 4) is 0 Å². The summed E-state index contributed by atoms with van der Waals surface area (Å²) in [4.78, 5) is 23.4. The van der Waals surface area contributed by atoms with Crippen molar-refractivity contribution in [2.24, 2.45) is 0 Å². The van der Waals surface area contributed by atoms with Gasteiger partial charge in [0.25, 0.3) is 0 Å². The fourth-order valence-corrected chi connectivity index (χ4v) is 7.78. The van der Waals surface area contributed by atoms with Crippen LogP contribution < -0.4 is 0 Å². The Bertz CT molecular complexity index is 706. The largest absolute Gasteiger partial charge is 0.481 e. The van der Waals surface area contributed by atoms with Crippen LogP contribution in [-0.4, -0.2) is 23.1 Å². The highest BCUT2D eigenvalue weighted by molar-refractivity contribution is 5.69. The minimum atomic E-state index is -0.673. The molecule has 1 unspecified atom stereocenters. The number of carboxylic acids is 1. The Hall–Kier alpha value is -1.06. The van der Waals surface area contributed by atoms with Gasteiger partial charge in [-0.3, -0.25) is 9.59 Å².